The number of hydrogen-bond acceptors (Lipinski definition) is 3. The molecule has 2 heterocycles. The molecule has 4 aromatic rings. The maximum Gasteiger partial charge on any atom is 0.417 e. The second-order valence-electron chi connectivity index (χ2n) is 5.97. The van der Waals surface area contributed by atoms with Crippen molar-refractivity contribution in [2.75, 3.05) is 0 Å². The molecule has 0 saturated carbocycles. The summed E-state index contributed by atoms with van der Waals surface area (Å²) in [6.45, 7) is -0.541. The first-order valence-corrected chi connectivity index (χ1v) is 7.99. The third-order valence-corrected chi connectivity index (χ3v) is 4.27. The minimum atomic E-state index is -4.60. The number of aromatic nitrogens is 3. The lowest BCUT2D eigenvalue weighted by Crippen LogP contribution is -2.10. The molecule has 0 aliphatic rings. The Balaban J connectivity index is 2.12. The Kier molecular flexibility index (Phi) is 3.83. The van der Waals surface area contributed by atoms with E-state index in [1.54, 1.807) is 30.3 Å². The lowest BCUT2D eigenvalue weighted by atomic mass is 10.00. The average molecular weight is 371 g/mol. The normalized spacial score (nSPS) is 12.0. The van der Waals surface area contributed by atoms with Crippen LogP contribution in [0.15, 0.2) is 54.7 Å². The molecule has 136 valence electrons. The van der Waals surface area contributed by atoms with E-state index in [9.17, 15) is 18.0 Å². The topological polar surface area (TPSA) is 68.0 Å². The molecule has 0 radical (unpaired) electrons. The average Bonchev–Trinajstić information content (AvgIpc) is 2.98. The first kappa shape index (κ1) is 17.0. The molecular weight excluding hydrogens is 359 g/mol. The SMILES string of the molecule is O=C(O)Cn1nc(-c2ccnc3ccccc23)c2c(C(F)(F)F)cccc21. The molecule has 0 bridgehead atoms. The number of para-hydroxylation sites is 1. The number of rotatable bonds is 3. The number of alkyl halides is 3. The molecular formula is C19H12F3N3O2. The monoisotopic (exact) mass is 371 g/mol. The summed E-state index contributed by atoms with van der Waals surface area (Å²) < 4.78 is 42.0. The highest BCUT2D eigenvalue weighted by Gasteiger charge is 2.35. The van der Waals surface area contributed by atoms with Gasteiger partial charge in [-0.2, -0.15) is 18.3 Å². The van der Waals surface area contributed by atoms with Crippen LogP contribution in [0.25, 0.3) is 33.1 Å². The van der Waals surface area contributed by atoms with Crippen molar-refractivity contribution in [2.24, 2.45) is 0 Å². The van der Waals surface area contributed by atoms with Gasteiger partial charge in [-0.15, -0.1) is 0 Å². The van der Waals surface area contributed by atoms with E-state index < -0.39 is 24.3 Å². The number of hydrogen-bond donors (Lipinski definition) is 1. The predicted octanol–water partition coefficient (Wildman–Crippen LogP) is 4.35. The number of aliphatic carboxylic acids is 1. The van der Waals surface area contributed by atoms with Crippen LogP contribution in [-0.4, -0.2) is 25.8 Å². The summed E-state index contributed by atoms with van der Waals surface area (Å²) >= 11 is 0. The van der Waals surface area contributed by atoms with E-state index in [0.717, 1.165) is 10.7 Å². The highest BCUT2D eigenvalue weighted by atomic mass is 19.4. The van der Waals surface area contributed by atoms with Crippen LogP contribution in [-0.2, 0) is 17.5 Å². The van der Waals surface area contributed by atoms with Crippen LogP contribution in [0.3, 0.4) is 0 Å². The van der Waals surface area contributed by atoms with Crippen LogP contribution in [0, 0.1) is 0 Å². The van der Waals surface area contributed by atoms with Crippen molar-refractivity contribution in [3.8, 4) is 11.3 Å². The molecule has 2 aromatic carbocycles. The molecule has 1 N–H and O–H groups in total. The number of pyridine rings is 1. The van der Waals surface area contributed by atoms with E-state index >= 15 is 0 Å². The van der Waals surface area contributed by atoms with Crippen LogP contribution in [0.4, 0.5) is 13.2 Å². The first-order valence-electron chi connectivity index (χ1n) is 7.99. The number of halogens is 3. The molecule has 27 heavy (non-hydrogen) atoms. The van der Waals surface area contributed by atoms with Gasteiger partial charge in [-0.3, -0.25) is 14.5 Å². The molecule has 0 aliphatic carbocycles. The smallest absolute Gasteiger partial charge is 0.417 e. The molecule has 0 fully saturated rings. The quantitative estimate of drug-likeness (QED) is 0.581. The van der Waals surface area contributed by atoms with Crippen LogP contribution in [0.1, 0.15) is 5.56 Å². The van der Waals surface area contributed by atoms with E-state index in [1.165, 1.54) is 18.3 Å². The Morgan fingerprint density at radius 3 is 2.59 bits per heavy atom. The Morgan fingerprint density at radius 2 is 1.85 bits per heavy atom. The fourth-order valence-corrected chi connectivity index (χ4v) is 3.20. The Labute approximate surface area is 150 Å². The molecule has 0 aliphatic heterocycles. The van der Waals surface area contributed by atoms with Crippen molar-refractivity contribution < 1.29 is 23.1 Å². The van der Waals surface area contributed by atoms with Gasteiger partial charge in [0.2, 0.25) is 0 Å². The molecule has 4 rings (SSSR count). The molecule has 5 nitrogen and oxygen atoms in total. The summed E-state index contributed by atoms with van der Waals surface area (Å²) in [4.78, 5) is 15.4. The van der Waals surface area contributed by atoms with Crippen LogP contribution in [0.2, 0.25) is 0 Å². The molecule has 0 atom stereocenters. The minimum Gasteiger partial charge on any atom is -0.480 e. The molecule has 0 unspecified atom stereocenters. The van der Waals surface area contributed by atoms with Crippen molar-refractivity contribution in [3.05, 3.63) is 60.3 Å². The highest BCUT2D eigenvalue weighted by Crippen LogP contribution is 2.40. The van der Waals surface area contributed by atoms with Gasteiger partial charge in [0, 0.05) is 22.5 Å². The summed E-state index contributed by atoms with van der Waals surface area (Å²) in [6, 6.07) is 12.3. The molecule has 0 saturated heterocycles. The van der Waals surface area contributed by atoms with Gasteiger partial charge in [-0.05, 0) is 24.3 Å². The summed E-state index contributed by atoms with van der Waals surface area (Å²) in [5.41, 5.74) is 0.417. The Morgan fingerprint density at radius 1 is 1.07 bits per heavy atom. The summed E-state index contributed by atoms with van der Waals surface area (Å²) in [5.74, 6) is -1.19. The van der Waals surface area contributed by atoms with Gasteiger partial charge in [0.15, 0.2) is 0 Å². The zero-order valence-corrected chi connectivity index (χ0v) is 13.7. The predicted molar refractivity (Wildman–Crippen MR) is 93.1 cm³/mol. The van der Waals surface area contributed by atoms with E-state index in [0.29, 0.717) is 16.5 Å². The number of carboxylic acid groups (broad SMARTS) is 1. The van der Waals surface area contributed by atoms with Crippen molar-refractivity contribution in [1.29, 1.82) is 0 Å². The van der Waals surface area contributed by atoms with Crippen LogP contribution >= 0.6 is 0 Å². The standard InChI is InChI=1S/C19H12F3N3O2/c20-19(21,22)13-5-3-7-15-17(13)18(24-25(15)10-16(26)27)12-8-9-23-14-6-2-1-4-11(12)14/h1-9H,10H2,(H,26,27). The largest absolute Gasteiger partial charge is 0.480 e. The van der Waals surface area contributed by atoms with E-state index in [2.05, 4.69) is 10.1 Å². The van der Waals surface area contributed by atoms with Crippen LogP contribution < -0.4 is 0 Å². The van der Waals surface area contributed by atoms with E-state index in [-0.39, 0.29) is 16.6 Å². The first-order chi connectivity index (χ1) is 12.9. The second-order valence-corrected chi connectivity index (χ2v) is 5.97. The Hall–Kier alpha value is -3.42. The molecule has 0 amide bonds. The second kappa shape index (κ2) is 6.08. The Bertz CT molecular complexity index is 1180. The van der Waals surface area contributed by atoms with Crippen molar-refractivity contribution in [2.45, 2.75) is 12.7 Å². The fourth-order valence-electron chi connectivity index (χ4n) is 3.20. The third kappa shape index (κ3) is 2.88. The van der Waals surface area contributed by atoms with Crippen molar-refractivity contribution in [1.82, 2.24) is 14.8 Å². The van der Waals surface area contributed by atoms with Gasteiger partial charge in [0.05, 0.1) is 16.6 Å². The minimum absolute atomic E-state index is 0.0813. The zero-order chi connectivity index (χ0) is 19.2. The number of carbonyl (C=O) groups is 1. The number of carboxylic acids is 1. The van der Waals surface area contributed by atoms with E-state index in [1.807, 2.05) is 0 Å². The maximum atomic E-state index is 13.6. The fraction of sp³-hybridized carbons (Fsp3) is 0.105. The van der Waals surface area contributed by atoms with E-state index in [4.69, 9.17) is 5.11 Å². The number of benzene rings is 2. The van der Waals surface area contributed by atoms with Gasteiger partial charge in [-0.25, -0.2) is 0 Å². The van der Waals surface area contributed by atoms with Gasteiger partial charge in [0.25, 0.3) is 0 Å². The van der Waals surface area contributed by atoms with Gasteiger partial charge >= 0.3 is 12.1 Å². The zero-order valence-electron chi connectivity index (χ0n) is 13.7. The van der Waals surface area contributed by atoms with Crippen LogP contribution in [0.5, 0.6) is 0 Å². The highest BCUT2D eigenvalue weighted by molar-refractivity contribution is 6.04. The van der Waals surface area contributed by atoms with Gasteiger partial charge in [-0.1, -0.05) is 24.3 Å². The van der Waals surface area contributed by atoms with Gasteiger partial charge in [0.1, 0.15) is 12.2 Å². The van der Waals surface area contributed by atoms with Crippen molar-refractivity contribution in [3.63, 3.8) is 0 Å². The lowest BCUT2D eigenvalue weighted by Gasteiger charge is -2.10. The number of nitrogens with zero attached hydrogens (tertiary/aromatic N) is 3. The summed E-state index contributed by atoms with van der Waals surface area (Å²) in [7, 11) is 0. The summed E-state index contributed by atoms with van der Waals surface area (Å²) in [5, 5.41) is 13.9. The summed E-state index contributed by atoms with van der Waals surface area (Å²) in [6.07, 6.45) is -3.11. The molecule has 2 aromatic heterocycles. The third-order valence-electron chi connectivity index (χ3n) is 4.27. The molecule has 0 spiro atoms. The van der Waals surface area contributed by atoms with Gasteiger partial charge < -0.3 is 5.11 Å². The lowest BCUT2D eigenvalue weighted by molar-refractivity contribution is -0.138. The number of fused-ring (bicyclic) bond motifs is 2. The molecule has 8 heteroatoms. The maximum absolute atomic E-state index is 13.6. The van der Waals surface area contributed by atoms with Crippen molar-refractivity contribution >= 4 is 27.8 Å².